The van der Waals surface area contributed by atoms with E-state index in [1.807, 2.05) is 6.07 Å². The highest BCUT2D eigenvalue weighted by Crippen LogP contribution is 2.34. The van der Waals surface area contributed by atoms with Gasteiger partial charge >= 0.3 is 5.97 Å². The quantitative estimate of drug-likeness (QED) is 0.876. The van der Waals surface area contributed by atoms with E-state index in [1.54, 1.807) is 12.1 Å². The van der Waals surface area contributed by atoms with E-state index in [2.05, 4.69) is 25.8 Å². The number of thiazole rings is 1. The lowest BCUT2D eigenvalue weighted by Gasteiger charge is -2.13. The summed E-state index contributed by atoms with van der Waals surface area (Å²) in [6, 6.07) is 5.24. The van der Waals surface area contributed by atoms with Gasteiger partial charge in [0.25, 0.3) is 0 Å². The van der Waals surface area contributed by atoms with E-state index in [4.69, 9.17) is 5.11 Å². The summed E-state index contributed by atoms with van der Waals surface area (Å²) in [6.45, 7) is 6.16. The van der Waals surface area contributed by atoms with Gasteiger partial charge in [-0.25, -0.2) is 9.78 Å². The smallest absolute Gasteiger partial charge is 0.337 e. The summed E-state index contributed by atoms with van der Waals surface area (Å²) >= 11 is 1.53. The summed E-state index contributed by atoms with van der Waals surface area (Å²) in [6.07, 6.45) is -1.52. The maximum atomic E-state index is 10.9. The van der Waals surface area contributed by atoms with Crippen molar-refractivity contribution in [2.45, 2.75) is 32.3 Å². The number of benzene rings is 1. The number of hydrogen-bond acceptors (Lipinski definition) is 4. The van der Waals surface area contributed by atoms with Crippen LogP contribution >= 0.6 is 11.3 Å². The Balaban J connectivity index is 2.63. The lowest BCUT2D eigenvalue weighted by molar-refractivity contribution is -0.146. The molecule has 0 fully saturated rings. The number of carboxylic acid groups (broad SMARTS) is 1. The SMILES string of the molecule is CC(C)(C)c1nc2c(C(O)C(=O)O)cccc2s1. The van der Waals surface area contributed by atoms with Gasteiger partial charge in [0.05, 0.1) is 15.2 Å². The van der Waals surface area contributed by atoms with Crippen LogP contribution < -0.4 is 0 Å². The second-order valence-corrected chi connectivity index (χ2v) is 6.23. The predicted octanol–water partition coefficient (Wildman–Crippen LogP) is 2.71. The minimum absolute atomic E-state index is 0.0882. The average Bonchev–Trinajstić information content (AvgIpc) is 2.70. The Kier molecular flexibility index (Phi) is 3.12. The maximum Gasteiger partial charge on any atom is 0.337 e. The van der Waals surface area contributed by atoms with E-state index in [9.17, 15) is 9.90 Å². The third kappa shape index (κ3) is 2.23. The van der Waals surface area contributed by atoms with Crippen molar-refractivity contribution in [3.05, 3.63) is 28.8 Å². The molecule has 0 radical (unpaired) electrons. The molecule has 1 aromatic heterocycles. The fourth-order valence-corrected chi connectivity index (χ4v) is 2.70. The van der Waals surface area contributed by atoms with Gasteiger partial charge in [-0.3, -0.25) is 0 Å². The standard InChI is InChI=1S/C13H15NO3S/c1-13(2,3)12-14-9-7(10(15)11(16)17)5-4-6-8(9)18-12/h4-6,10,15H,1-3H3,(H,16,17). The molecule has 18 heavy (non-hydrogen) atoms. The zero-order chi connectivity index (χ0) is 13.5. The number of carboxylic acids is 1. The molecule has 0 saturated heterocycles. The first-order valence-electron chi connectivity index (χ1n) is 5.61. The van der Waals surface area contributed by atoms with Crippen LogP contribution in [0, 0.1) is 0 Å². The van der Waals surface area contributed by atoms with Crippen molar-refractivity contribution < 1.29 is 15.0 Å². The number of aromatic nitrogens is 1. The Labute approximate surface area is 109 Å². The number of aliphatic hydroxyl groups excluding tert-OH is 1. The van der Waals surface area contributed by atoms with E-state index in [-0.39, 0.29) is 5.41 Å². The van der Waals surface area contributed by atoms with Crippen LogP contribution in [-0.4, -0.2) is 21.2 Å². The van der Waals surface area contributed by atoms with E-state index in [0.29, 0.717) is 11.1 Å². The number of carbonyl (C=O) groups is 1. The number of aliphatic hydroxyl groups is 1. The molecule has 1 heterocycles. The first-order chi connectivity index (χ1) is 8.30. The molecule has 0 aliphatic rings. The molecule has 4 nitrogen and oxygen atoms in total. The molecule has 2 rings (SSSR count). The highest BCUT2D eigenvalue weighted by Gasteiger charge is 2.23. The topological polar surface area (TPSA) is 70.4 Å². The van der Waals surface area contributed by atoms with E-state index in [1.165, 1.54) is 11.3 Å². The lowest BCUT2D eigenvalue weighted by Crippen LogP contribution is -2.12. The van der Waals surface area contributed by atoms with Crippen molar-refractivity contribution in [2.75, 3.05) is 0 Å². The van der Waals surface area contributed by atoms with E-state index < -0.39 is 12.1 Å². The number of nitrogens with zero attached hydrogens (tertiary/aromatic N) is 1. The first-order valence-corrected chi connectivity index (χ1v) is 6.43. The second-order valence-electron chi connectivity index (χ2n) is 5.20. The van der Waals surface area contributed by atoms with Crippen molar-refractivity contribution in [1.82, 2.24) is 4.98 Å². The normalized spacial score (nSPS) is 13.8. The van der Waals surface area contributed by atoms with Gasteiger partial charge in [-0.05, 0) is 6.07 Å². The summed E-state index contributed by atoms with van der Waals surface area (Å²) in [5.41, 5.74) is 0.851. The molecule has 0 spiro atoms. The van der Waals surface area contributed by atoms with Gasteiger partial charge in [-0.1, -0.05) is 32.9 Å². The number of rotatable bonds is 2. The summed E-state index contributed by atoms with van der Waals surface area (Å²) in [4.78, 5) is 15.4. The molecule has 0 amide bonds. The van der Waals surface area contributed by atoms with Gasteiger partial charge in [0.1, 0.15) is 0 Å². The number of fused-ring (bicyclic) bond motifs is 1. The minimum Gasteiger partial charge on any atom is -0.479 e. The second kappa shape index (κ2) is 4.33. The van der Waals surface area contributed by atoms with Crippen LogP contribution in [0.2, 0.25) is 0 Å². The zero-order valence-electron chi connectivity index (χ0n) is 10.5. The molecule has 1 aromatic carbocycles. The Morgan fingerprint density at radius 1 is 1.39 bits per heavy atom. The molecule has 2 aromatic rings. The number of hydrogen-bond donors (Lipinski definition) is 2. The Hall–Kier alpha value is -1.46. The predicted molar refractivity (Wildman–Crippen MR) is 70.9 cm³/mol. The van der Waals surface area contributed by atoms with Gasteiger partial charge in [-0.2, -0.15) is 0 Å². The molecule has 0 aliphatic carbocycles. The van der Waals surface area contributed by atoms with Crippen LogP contribution in [0.5, 0.6) is 0 Å². The van der Waals surface area contributed by atoms with Crippen molar-refractivity contribution in [2.24, 2.45) is 0 Å². The third-order valence-corrected chi connectivity index (χ3v) is 4.07. The van der Waals surface area contributed by atoms with Gasteiger partial charge in [0.15, 0.2) is 6.10 Å². The zero-order valence-corrected chi connectivity index (χ0v) is 11.3. The summed E-state index contributed by atoms with van der Waals surface area (Å²) in [5.74, 6) is -1.26. The highest BCUT2D eigenvalue weighted by molar-refractivity contribution is 7.18. The largest absolute Gasteiger partial charge is 0.479 e. The molecule has 1 atom stereocenters. The molecule has 0 aliphatic heterocycles. The van der Waals surface area contributed by atoms with Crippen LogP contribution in [0.15, 0.2) is 18.2 Å². The van der Waals surface area contributed by atoms with Crippen molar-refractivity contribution in [3.63, 3.8) is 0 Å². The summed E-state index contributed by atoms with van der Waals surface area (Å²) in [7, 11) is 0. The summed E-state index contributed by atoms with van der Waals surface area (Å²) < 4.78 is 0.901. The van der Waals surface area contributed by atoms with Crippen molar-refractivity contribution in [3.8, 4) is 0 Å². The van der Waals surface area contributed by atoms with Crippen molar-refractivity contribution in [1.29, 1.82) is 0 Å². The lowest BCUT2D eigenvalue weighted by atomic mass is 9.98. The Morgan fingerprint density at radius 3 is 2.61 bits per heavy atom. The van der Waals surface area contributed by atoms with Crippen LogP contribution in [0.3, 0.4) is 0 Å². The molecule has 1 unspecified atom stereocenters. The number of para-hydroxylation sites is 1. The van der Waals surface area contributed by atoms with Crippen LogP contribution in [0.1, 0.15) is 37.4 Å². The Bertz CT molecular complexity index is 598. The fraction of sp³-hybridized carbons (Fsp3) is 0.385. The van der Waals surface area contributed by atoms with E-state index >= 15 is 0 Å². The highest BCUT2D eigenvalue weighted by atomic mass is 32.1. The first kappa shape index (κ1) is 13.0. The summed E-state index contributed by atoms with van der Waals surface area (Å²) in [5, 5.41) is 19.5. The van der Waals surface area contributed by atoms with Gasteiger partial charge in [0.2, 0.25) is 0 Å². The fourth-order valence-electron chi connectivity index (χ4n) is 1.64. The molecule has 0 bridgehead atoms. The monoisotopic (exact) mass is 265 g/mol. The molecule has 2 N–H and O–H groups in total. The molecular weight excluding hydrogens is 250 g/mol. The average molecular weight is 265 g/mol. The van der Waals surface area contributed by atoms with Crippen molar-refractivity contribution >= 4 is 27.5 Å². The molecular formula is C13H15NO3S. The molecule has 0 saturated carbocycles. The molecule has 96 valence electrons. The third-order valence-electron chi connectivity index (χ3n) is 2.62. The van der Waals surface area contributed by atoms with Crippen LogP contribution in [-0.2, 0) is 10.2 Å². The van der Waals surface area contributed by atoms with Gasteiger partial charge < -0.3 is 10.2 Å². The number of aliphatic carboxylic acids is 1. The van der Waals surface area contributed by atoms with Crippen LogP contribution in [0.25, 0.3) is 10.2 Å². The minimum atomic E-state index is -1.52. The molecule has 5 heteroatoms. The van der Waals surface area contributed by atoms with Gasteiger partial charge in [0, 0.05) is 11.0 Å². The van der Waals surface area contributed by atoms with E-state index in [0.717, 1.165) is 9.71 Å². The van der Waals surface area contributed by atoms with Crippen LogP contribution in [0.4, 0.5) is 0 Å². The maximum absolute atomic E-state index is 10.9. The van der Waals surface area contributed by atoms with Gasteiger partial charge in [-0.15, -0.1) is 11.3 Å². The Morgan fingerprint density at radius 2 is 2.06 bits per heavy atom.